The van der Waals surface area contributed by atoms with E-state index in [0.29, 0.717) is 0 Å². The van der Waals surface area contributed by atoms with E-state index in [9.17, 15) is 19.5 Å². The van der Waals surface area contributed by atoms with Crippen molar-refractivity contribution in [2.75, 3.05) is 7.05 Å². The van der Waals surface area contributed by atoms with Crippen molar-refractivity contribution in [1.29, 1.82) is 0 Å². The van der Waals surface area contributed by atoms with E-state index in [2.05, 4.69) is 10.6 Å². The lowest BCUT2D eigenvalue weighted by atomic mass is 9.86. The largest absolute Gasteiger partial charge is 0.481 e. The van der Waals surface area contributed by atoms with Crippen LogP contribution in [0.2, 0.25) is 0 Å². The van der Waals surface area contributed by atoms with Crippen molar-refractivity contribution in [2.45, 2.75) is 39.3 Å². The first-order valence-electron chi connectivity index (χ1n) is 11.2. The van der Waals surface area contributed by atoms with Crippen LogP contribution in [-0.2, 0) is 14.4 Å². The molecule has 3 aromatic rings. The number of amides is 2. The summed E-state index contributed by atoms with van der Waals surface area (Å²) in [6, 6.07) is 18.1. The van der Waals surface area contributed by atoms with Crippen LogP contribution >= 0.6 is 0 Å². The summed E-state index contributed by atoms with van der Waals surface area (Å²) in [5, 5.41) is 14.7. The van der Waals surface area contributed by atoms with Crippen LogP contribution < -0.4 is 10.6 Å². The maximum atomic E-state index is 13.1. The van der Waals surface area contributed by atoms with E-state index in [1.165, 1.54) is 7.05 Å². The minimum atomic E-state index is -1.10. The Morgan fingerprint density at radius 1 is 0.853 bits per heavy atom. The summed E-state index contributed by atoms with van der Waals surface area (Å²) in [5.74, 6) is -1.95. The Bertz CT molecular complexity index is 1140. The van der Waals surface area contributed by atoms with Gasteiger partial charge in [-0.3, -0.25) is 14.4 Å². The molecule has 3 rings (SSSR count). The molecule has 2 aromatic carbocycles. The molecular formula is C27H31N3O4. The molecule has 2 amide bonds. The van der Waals surface area contributed by atoms with E-state index in [1.807, 2.05) is 81.4 Å². The standard InChI is InChI=1S/C27H31N3O4/c1-27(2,3)24(26(34)28-4)29-25(33)22(16-23(31)32)30-15-14-21(17-30)20-12-10-19(11-13-20)18-8-6-5-7-9-18/h5-15,17,22,24H,16H2,1-4H3,(H,28,34)(H,29,33)(H,31,32)/t22?,24-/m1/s1. The van der Waals surface area contributed by atoms with Crippen LogP contribution in [0.15, 0.2) is 73.1 Å². The topological polar surface area (TPSA) is 100 Å². The zero-order valence-corrected chi connectivity index (χ0v) is 19.9. The summed E-state index contributed by atoms with van der Waals surface area (Å²) in [6.45, 7) is 5.52. The molecule has 0 bridgehead atoms. The molecule has 0 radical (unpaired) electrons. The molecule has 3 N–H and O–H groups in total. The second kappa shape index (κ2) is 10.4. The number of aromatic nitrogens is 1. The van der Waals surface area contributed by atoms with Crippen LogP contribution in [-0.4, -0.2) is 40.5 Å². The minimum Gasteiger partial charge on any atom is -0.481 e. The highest BCUT2D eigenvalue weighted by Crippen LogP contribution is 2.27. The van der Waals surface area contributed by atoms with E-state index in [1.54, 1.807) is 17.0 Å². The number of nitrogens with one attached hydrogen (secondary N) is 2. The van der Waals surface area contributed by atoms with Crippen LogP contribution in [0.25, 0.3) is 22.3 Å². The number of hydrogen-bond acceptors (Lipinski definition) is 3. The molecule has 0 fully saturated rings. The van der Waals surface area contributed by atoms with Gasteiger partial charge in [0.1, 0.15) is 12.1 Å². The quantitative estimate of drug-likeness (QED) is 0.470. The molecule has 7 nitrogen and oxygen atoms in total. The lowest BCUT2D eigenvalue weighted by molar-refractivity contribution is -0.141. The van der Waals surface area contributed by atoms with Gasteiger partial charge in [-0.05, 0) is 33.7 Å². The number of carboxylic acid groups (broad SMARTS) is 1. The van der Waals surface area contributed by atoms with Crippen LogP contribution in [0.4, 0.5) is 0 Å². The minimum absolute atomic E-state index is 0.332. The molecule has 0 aliphatic heterocycles. The number of carboxylic acids is 1. The molecule has 1 unspecified atom stereocenters. The first-order chi connectivity index (χ1) is 16.1. The highest BCUT2D eigenvalue weighted by Gasteiger charge is 2.35. The zero-order chi connectivity index (χ0) is 24.9. The third-order valence-electron chi connectivity index (χ3n) is 5.73. The third kappa shape index (κ3) is 5.92. The Balaban J connectivity index is 1.84. The fourth-order valence-corrected chi connectivity index (χ4v) is 3.82. The maximum absolute atomic E-state index is 13.1. The second-order valence-electron chi connectivity index (χ2n) is 9.33. The monoisotopic (exact) mass is 461 g/mol. The summed E-state index contributed by atoms with van der Waals surface area (Å²) in [7, 11) is 1.50. The van der Waals surface area contributed by atoms with E-state index in [-0.39, 0.29) is 5.91 Å². The fraction of sp³-hybridized carbons (Fsp3) is 0.296. The number of carbonyl (C=O) groups excluding carboxylic acids is 2. The fourth-order valence-electron chi connectivity index (χ4n) is 3.82. The van der Waals surface area contributed by atoms with E-state index in [4.69, 9.17) is 0 Å². The Labute approximate surface area is 199 Å². The summed E-state index contributed by atoms with van der Waals surface area (Å²) in [4.78, 5) is 37.0. The zero-order valence-electron chi connectivity index (χ0n) is 19.9. The van der Waals surface area contributed by atoms with E-state index in [0.717, 1.165) is 22.3 Å². The molecule has 7 heteroatoms. The average Bonchev–Trinajstić information content (AvgIpc) is 3.30. The van der Waals surface area contributed by atoms with Crippen LogP contribution in [0.3, 0.4) is 0 Å². The van der Waals surface area contributed by atoms with Crippen molar-refractivity contribution in [3.63, 3.8) is 0 Å². The van der Waals surface area contributed by atoms with Gasteiger partial charge >= 0.3 is 5.97 Å². The van der Waals surface area contributed by atoms with E-state index < -0.39 is 35.8 Å². The second-order valence-corrected chi connectivity index (χ2v) is 9.33. The summed E-state index contributed by atoms with van der Waals surface area (Å²) in [5.41, 5.74) is 3.47. The summed E-state index contributed by atoms with van der Waals surface area (Å²) in [6.07, 6.45) is 3.05. The van der Waals surface area contributed by atoms with Crippen molar-refractivity contribution in [3.05, 3.63) is 73.1 Å². The molecule has 0 aliphatic rings. The number of carbonyl (C=O) groups is 3. The van der Waals surface area contributed by atoms with Crippen molar-refractivity contribution >= 4 is 17.8 Å². The Morgan fingerprint density at radius 3 is 1.94 bits per heavy atom. The van der Waals surface area contributed by atoms with E-state index >= 15 is 0 Å². The molecular weight excluding hydrogens is 430 g/mol. The molecule has 0 saturated heterocycles. The molecule has 0 spiro atoms. The van der Waals surface area contributed by atoms with Crippen molar-refractivity contribution in [2.24, 2.45) is 5.41 Å². The van der Waals surface area contributed by atoms with Crippen molar-refractivity contribution in [1.82, 2.24) is 15.2 Å². The normalized spacial score (nSPS) is 13.1. The molecule has 0 aliphatic carbocycles. The predicted molar refractivity (Wildman–Crippen MR) is 132 cm³/mol. The van der Waals surface area contributed by atoms with Gasteiger partial charge in [-0.2, -0.15) is 0 Å². The molecule has 2 atom stereocenters. The van der Waals surface area contributed by atoms with Crippen molar-refractivity contribution < 1.29 is 19.5 Å². The number of likely N-dealkylation sites (N-methyl/N-ethyl adjacent to an activating group) is 1. The molecule has 0 saturated carbocycles. The lowest BCUT2D eigenvalue weighted by Gasteiger charge is -2.31. The highest BCUT2D eigenvalue weighted by atomic mass is 16.4. The first-order valence-corrected chi connectivity index (χ1v) is 11.2. The number of nitrogens with zero attached hydrogens (tertiary/aromatic N) is 1. The SMILES string of the molecule is CNC(=O)[C@@H](NC(=O)C(CC(=O)O)n1ccc(-c2ccc(-c3ccccc3)cc2)c1)C(C)(C)C. The van der Waals surface area contributed by atoms with Gasteiger partial charge in [0.15, 0.2) is 0 Å². The van der Waals surface area contributed by atoms with Gasteiger partial charge in [-0.1, -0.05) is 75.4 Å². The smallest absolute Gasteiger partial charge is 0.306 e. The molecule has 34 heavy (non-hydrogen) atoms. The first kappa shape index (κ1) is 24.8. The maximum Gasteiger partial charge on any atom is 0.306 e. The van der Waals surface area contributed by atoms with Crippen molar-refractivity contribution in [3.8, 4) is 22.3 Å². The molecule has 1 aromatic heterocycles. The number of benzene rings is 2. The van der Waals surface area contributed by atoms with Gasteiger partial charge in [-0.15, -0.1) is 0 Å². The number of rotatable bonds is 8. The van der Waals surface area contributed by atoms with Gasteiger partial charge < -0.3 is 20.3 Å². The Morgan fingerprint density at radius 2 is 1.41 bits per heavy atom. The van der Waals surface area contributed by atoms with Crippen LogP contribution in [0.5, 0.6) is 0 Å². The highest BCUT2D eigenvalue weighted by molar-refractivity contribution is 5.91. The molecule has 1 heterocycles. The van der Waals surface area contributed by atoms with Gasteiger partial charge in [0.2, 0.25) is 11.8 Å². The third-order valence-corrected chi connectivity index (χ3v) is 5.73. The van der Waals surface area contributed by atoms with Gasteiger partial charge in [0.25, 0.3) is 0 Å². The lowest BCUT2D eigenvalue weighted by Crippen LogP contribution is -2.54. The van der Waals surface area contributed by atoms with Crippen LogP contribution in [0.1, 0.15) is 33.2 Å². The van der Waals surface area contributed by atoms with Gasteiger partial charge in [0.05, 0.1) is 6.42 Å². The summed E-state index contributed by atoms with van der Waals surface area (Å²) >= 11 is 0. The predicted octanol–water partition coefficient (Wildman–Crippen LogP) is 4.11. The molecule has 178 valence electrons. The number of hydrogen-bond donors (Lipinski definition) is 3. The Hall–Kier alpha value is -3.87. The summed E-state index contributed by atoms with van der Waals surface area (Å²) < 4.78 is 1.59. The Kier molecular flexibility index (Phi) is 7.56. The number of aliphatic carboxylic acids is 1. The van der Waals surface area contributed by atoms with Gasteiger partial charge in [0, 0.05) is 19.4 Å². The van der Waals surface area contributed by atoms with Crippen LogP contribution in [0, 0.1) is 5.41 Å². The van der Waals surface area contributed by atoms with Gasteiger partial charge in [-0.25, -0.2) is 0 Å². The average molecular weight is 462 g/mol.